The van der Waals surface area contributed by atoms with Crippen LogP contribution in [0.25, 0.3) is 11.0 Å². The first kappa shape index (κ1) is 38.8. The number of carboxylic acids is 1. The summed E-state index contributed by atoms with van der Waals surface area (Å²) < 4.78 is 1.97. The van der Waals surface area contributed by atoms with Crippen molar-refractivity contribution >= 4 is 45.7 Å². The minimum Gasteiger partial charge on any atom is -0.480 e. The Morgan fingerprint density at radius 1 is 0.911 bits per heavy atom. The Morgan fingerprint density at radius 3 is 1.84 bits per heavy atom. The number of aromatic nitrogens is 2. The normalized spacial score (nSPS) is 10.2. The van der Waals surface area contributed by atoms with Crippen LogP contribution in [0.3, 0.4) is 0 Å². The van der Waals surface area contributed by atoms with Crippen molar-refractivity contribution in [3.8, 4) is 0 Å². The second-order valence-electron chi connectivity index (χ2n) is 10.8. The maximum absolute atomic E-state index is 10.6. The predicted octanol–water partition coefficient (Wildman–Crippen LogP) is 6.46. The van der Waals surface area contributed by atoms with Gasteiger partial charge in [-0.05, 0) is 125 Å². The number of nitrogens with zero attached hydrogens (tertiary/aromatic N) is 3. The fraction of sp³-hybridized carbons (Fsp3) is 0.394. The van der Waals surface area contributed by atoms with Gasteiger partial charge in [0, 0.05) is 20.2 Å². The van der Waals surface area contributed by atoms with Gasteiger partial charge in [0.15, 0.2) is 0 Å². The molecule has 0 saturated carbocycles. The van der Waals surface area contributed by atoms with E-state index in [1.54, 1.807) is 6.92 Å². The highest BCUT2D eigenvalue weighted by atomic mass is 35.5. The Labute approximate surface area is 269 Å². The highest BCUT2D eigenvalue weighted by molar-refractivity contribution is 6.33. The maximum atomic E-state index is 10.6. The lowest BCUT2D eigenvalue weighted by Gasteiger charge is -2.13. The number of anilines is 2. The number of rotatable bonds is 4. The molecule has 0 fully saturated rings. The third-order valence-corrected chi connectivity index (χ3v) is 8.53. The standard InChI is InChI=1S/C12H16N2O.C10H16N2.C9H10ClNO2.C2H4O3/c1-7-5-10-12(9(3)8(7)2)14(4)11(6-15)13-10;1-6-5-9(11)10(12-4)8(3)7(6)2;1-5-4-8(11(12)13)9(10)7(3)6(5)2;3-1-2(4)5/h5,15H,6H2,1-4H3;5,12H,11H2,1-4H3;4H,1-3H3;3H,1H2,(H,4,5). The summed E-state index contributed by atoms with van der Waals surface area (Å²) in [5, 5.41) is 38.1. The Balaban J connectivity index is 0.000000316. The quantitative estimate of drug-likeness (QED) is 0.0948. The number of nitro benzene ring substituents is 1. The monoisotopic (exact) mass is 643 g/mol. The van der Waals surface area contributed by atoms with Crippen molar-refractivity contribution < 1.29 is 25.0 Å². The largest absolute Gasteiger partial charge is 0.480 e. The summed E-state index contributed by atoms with van der Waals surface area (Å²) in [5.74, 6) is -0.469. The second-order valence-corrected chi connectivity index (χ2v) is 11.2. The van der Waals surface area contributed by atoms with Crippen molar-refractivity contribution in [2.45, 2.75) is 68.9 Å². The summed E-state index contributed by atoms with van der Waals surface area (Å²) in [7, 11) is 3.84. The van der Waals surface area contributed by atoms with Gasteiger partial charge in [-0.3, -0.25) is 10.1 Å². The number of nitrogens with one attached hydrogen (secondary N) is 1. The minimum atomic E-state index is -1.19. The van der Waals surface area contributed by atoms with E-state index in [1.165, 1.54) is 39.4 Å². The average molecular weight is 644 g/mol. The van der Waals surface area contributed by atoms with E-state index < -0.39 is 17.5 Å². The van der Waals surface area contributed by atoms with Crippen LogP contribution in [0, 0.1) is 72.4 Å². The van der Waals surface area contributed by atoms with E-state index in [1.807, 2.05) is 38.6 Å². The van der Waals surface area contributed by atoms with Gasteiger partial charge in [-0.1, -0.05) is 11.6 Å². The number of benzene rings is 3. The number of aliphatic carboxylic acids is 1. The molecule has 4 aromatic rings. The summed E-state index contributed by atoms with van der Waals surface area (Å²) in [6, 6.07) is 5.59. The molecule has 0 bridgehead atoms. The number of aliphatic hydroxyl groups excluding tert-OH is 2. The number of nitrogens with two attached hydrogens (primary N) is 1. The molecule has 0 aliphatic heterocycles. The predicted molar refractivity (Wildman–Crippen MR) is 182 cm³/mol. The topological polar surface area (TPSA) is 177 Å². The first-order valence-electron chi connectivity index (χ1n) is 14.2. The number of carboxylic acid groups (broad SMARTS) is 1. The van der Waals surface area contributed by atoms with Crippen LogP contribution in [0.5, 0.6) is 0 Å². The Kier molecular flexibility index (Phi) is 14.5. The van der Waals surface area contributed by atoms with Crippen LogP contribution in [0.4, 0.5) is 17.1 Å². The highest BCUT2D eigenvalue weighted by Gasteiger charge is 2.17. The van der Waals surface area contributed by atoms with Crippen LogP contribution >= 0.6 is 11.6 Å². The first-order chi connectivity index (χ1) is 20.8. The zero-order valence-electron chi connectivity index (χ0n) is 28.0. The summed E-state index contributed by atoms with van der Waals surface area (Å²) in [5.41, 5.74) is 20.1. The van der Waals surface area contributed by atoms with Gasteiger partial charge in [-0.15, -0.1) is 0 Å². The van der Waals surface area contributed by atoms with Gasteiger partial charge in [-0.25, -0.2) is 9.78 Å². The van der Waals surface area contributed by atoms with E-state index in [2.05, 4.69) is 57.9 Å². The maximum Gasteiger partial charge on any atom is 0.329 e. The number of nitro groups is 1. The number of aliphatic hydroxyl groups is 2. The molecule has 45 heavy (non-hydrogen) atoms. The molecule has 3 aromatic carbocycles. The molecule has 12 heteroatoms. The number of carbonyl (C=O) groups is 1. The molecule has 0 amide bonds. The molecule has 246 valence electrons. The van der Waals surface area contributed by atoms with Gasteiger partial charge in [0.05, 0.1) is 27.3 Å². The summed E-state index contributed by atoms with van der Waals surface area (Å²) in [6.07, 6.45) is 0. The molecular formula is C33H46ClN5O6. The van der Waals surface area contributed by atoms with Gasteiger partial charge in [0.2, 0.25) is 0 Å². The zero-order chi connectivity index (χ0) is 34.9. The average Bonchev–Trinajstić information content (AvgIpc) is 3.31. The van der Waals surface area contributed by atoms with Crippen molar-refractivity contribution in [1.82, 2.24) is 9.55 Å². The lowest BCUT2D eigenvalue weighted by Crippen LogP contribution is -2.01. The molecule has 0 atom stereocenters. The van der Waals surface area contributed by atoms with E-state index >= 15 is 0 Å². The highest BCUT2D eigenvalue weighted by Crippen LogP contribution is 2.32. The van der Waals surface area contributed by atoms with Crippen molar-refractivity contribution in [3.63, 3.8) is 0 Å². The Hall–Kier alpha value is -4.19. The Bertz CT molecular complexity index is 1700. The molecular weight excluding hydrogens is 598 g/mol. The fourth-order valence-electron chi connectivity index (χ4n) is 4.65. The van der Waals surface area contributed by atoms with Gasteiger partial charge in [0.1, 0.15) is 24.1 Å². The third kappa shape index (κ3) is 9.40. The van der Waals surface area contributed by atoms with Crippen LogP contribution in [-0.2, 0) is 18.4 Å². The number of halogens is 1. The molecule has 4 rings (SSSR count). The van der Waals surface area contributed by atoms with E-state index in [4.69, 9.17) is 37.4 Å². The molecule has 0 spiro atoms. The number of aryl methyl sites for hydroxylation is 5. The third-order valence-electron chi connectivity index (χ3n) is 8.05. The number of imidazole rings is 1. The van der Waals surface area contributed by atoms with Crippen LogP contribution in [0.2, 0.25) is 5.02 Å². The van der Waals surface area contributed by atoms with Crippen LogP contribution < -0.4 is 11.1 Å². The zero-order valence-corrected chi connectivity index (χ0v) is 28.8. The summed E-state index contributed by atoms with van der Waals surface area (Å²) >= 11 is 5.82. The fourth-order valence-corrected chi connectivity index (χ4v) is 4.91. The molecule has 0 unspecified atom stereocenters. The van der Waals surface area contributed by atoms with Crippen LogP contribution in [0.1, 0.15) is 55.9 Å². The molecule has 11 nitrogen and oxygen atoms in total. The van der Waals surface area contributed by atoms with Gasteiger partial charge >= 0.3 is 5.97 Å². The molecule has 0 radical (unpaired) electrons. The van der Waals surface area contributed by atoms with Gasteiger partial charge < -0.3 is 30.9 Å². The van der Waals surface area contributed by atoms with E-state index in [0.717, 1.165) is 44.9 Å². The molecule has 0 aliphatic rings. The van der Waals surface area contributed by atoms with E-state index in [9.17, 15) is 10.1 Å². The molecule has 1 heterocycles. The lowest BCUT2D eigenvalue weighted by molar-refractivity contribution is -0.384. The van der Waals surface area contributed by atoms with Crippen molar-refractivity contribution in [2.75, 3.05) is 24.7 Å². The molecule has 6 N–H and O–H groups in total. The number of hydrogen-bond acceptors (Lipinski definition) is 8. The van der Waals surface area contributed by atoms with Crippen molar-refractivity contribution in [1.29, 1.82) is 0 Å². The number of nitrogen functional groups attached to an aromatic ring is 1. The van der Waals surface area contributed by atoms with Gasteiger partial charge in [0.25, 0.3) is 5.69 Å². The second kappa shape index (κ2) is 16.8. The number of hydrogen-bond donors (Lipinski definition) is 5. The summed E-state index contributed by atoms with van der Waals surface area (Å²) in [6.45, 7) is 17.3. The first-order valence-corrected chi connectivity index (χ1v) is 14.5. The molecule has 0 aliphatic carbocycles. The van der Waals surface area contributed by atoms with Gasteiger partial charge in [-0.2, -0.15) is 0 Å². The van der Waals surface area contributed by atoms with Crippen molar-refractivity contribution in [2.24, 2.45) is 7.05 Å². The molecule has 1 aromatic heterocycles. The summed E-state index contributed by atoms with van der Waals surface area (Å²) in [4.78, 5) is 23.6. The smallest absolute Gasteiger partial charge is 0.329 e. The van der Waals surface area contributed by atoms with Crippen molar-refractivity contribution in [3.05, 3.63) is 89.2 Å². The SMILES string of the molecule is CNc1c(N)cc(C)c(C)c1C.Cc1cc([N+](=O)[O-])c(Cl)c(C)c1C.Cc1cc2nc(CO)n(C)c2c(C)c1C.O=C(O)CO. The molecule has 0 saturated heterocycles. The van der Waals surface area contributed by atoms with E-state index in [0.29, 0.717) is 0 Å². The van der Waals surface area contributed by atoms with Crippen LogP contribution in [0.15, 0.2) is 18.2 Å². The lowest BCUT2D eigenvalue weighted by atomic mass is 10.0. The minimum absolute atomic E-state index is 0.0112. The number of fused-ring (bicyclic) bond motifs is 1. The Morgan fingerprint density at radius 2 is 1.38 bits per heavy atom. The van der Waals surface area contributed by atoms with Crippen LogP contribution in [-0.4, -0.2) is 49.4 Å². The van der Waals surface area contributed by atoms with E-state index in [-0.39, 0.29) is 17.3 Å².